The number of hydrogen-bond donors (Lipinski definition) is 1. The number of nitrogens with one attached hydrogen (secondary N) is 1. The van der Waals surface area contributed by atoms with E-state index in [-0.39, 0.29) is 11.9 Å². The van der Waals surface area contributed by atoms with E-state index in [9.17, 15) is 13.2 Å². The average Bonchev–Trinajstić information content (AvgIpc) is 2.90. The Morgan fingerprint density at radius 1 is 1.50 bits per heavy atom. The number of rotatable bonds is 4. The summed E-state index contributed by atoms with van der Waals surface area (Å²) in [7, 11) is -3.38. The number of nitrogens with zero attached hydrogens (tertiary/aromatic N) is 3. The van der Waals surface area contributed by atoms with Gasteiger partial charge >= 0.3 is 0 Å². The average molecular weight is 300 g/mol. The highest BCUT2D eigenvalue weighted by atomic mass is 32.2. The van der Waals surface area contributed by atoms with Crippen molar-refractivity contribution in [3.63, 3.8) is 0 Å². The monoisotopic (exact) mass is 300 g/mol. The van der Waals surface area contributed by atoms with Gasteiger partial charge in [-0.3, -0.25) is 9.48 Å². The van der Waals surface area contributed by atoms with Crippen molar-refractivity contribution in [1.29, 1.82) is 0 Å². The van der Waals surface area contributed by atoms with E-state index in [0.29, 0.717) is 13.1 Å². The molecule has 1 N–H and O–H groups in total. The summed E-state index contributed by atoms with van der Waals surface area (Å²) in [5.74, 6) is -0.188. The zero-order valence-corrected chi connectivity index (χ0v) is 12.5. The van der Waals surface area contributed by atoms with Crippen LogP contribution in [0.2, 0.25) is 0 Å². The Morgan fingerprint density at radius 3 is 2.85 bits per heavy atom. The molecule has 0 aliphatic carbocycles. The molecular formula is C12H20N4O3S. The van der Waals surface area contributed by atoms with Gasteiger partial charge in [-0.15, -0.1) is 0 Å². The van der Waals surface area contributed by atoms with Crippen molar-refractivity contribution >= 4 is 15.9 Å². The van der Waals surface area contributed by atoms with E-state index in [1.165, 1.54) is 0 Å². The molecule has 0 bridgehead atoms. The van der Waals surface area contributed by atoms with Gasteiger partial charge in [0.05, 0.1) is 18.3 Å². The van der Waals surface area contributed by atoms with Crippen LogP contribution in [-0.4, -0.2) is 54.4 Å². The van der Waals surface area contributed by atoms with E-state index in [2.05, 4.69) is 9.82 Å². The molecule has 1 aliphatic rings. The van der Waals surface area contributed by atoms with Crippen LogP contribution >= 0.6 is 0 Å². The smallest absolute Gasteiger partial charge is 0.240 e. The lowest BCUT2D eigenvalue weighted by atomic mass is 10.1. The highest BCUT2D eigenvalue weighted by molar-refractivity contribution is 7.88. The lowest BCUT2D eigenvalue weighted by Gasteiger charge is -2.34. The zero-order valence-electron chi connectivity index (χ0n) is 11.7. The number of carbonyl (C=O) groups excluding carboxylic acids is 1. The molecule has 0 saturated carbocycles. The van der Waals surface area contributed by atoms with Gasteiger partial charge in [-0.05, 0) is 25.8 Å². The quantitative estimate of drug-likeness (QED) is 0.847. The maximum absolute atomic E-state index is 12.3. The van der Waals surface area contributed by atoms with Gasteiger partial charge in [0.1, 0.15) is 0 Å². The SMILES string of the molecule is C[C@@H](NS(C)(=O)=O)C(=O)N1CCC[C@@H](n2cccn2)C1. The number of amides is 1. The van der Waals surface area contributed by atoms with Crippen LogP contribution in [0, 0.1) is 0 Å². The summed E-state index contributed by atoms with van der Waals surface area (Å²) in [6.07, 6.45) is 6.52. The standard InChI is InChI=1S/C12H20N4O3S/c1-10(14-20(2,18)19)12(17)15-7-3-5-11(9-15)16-8-4-6-13-16/h4,6,8,10-11,14H,3,5,7,9H2,1-2H3/t10-,11-/m1/s1. The number of sulfonamides is 1. The summed E-state index contributed by atoms with van der Waals surface area (Å²) >= 11 is 0. The molecule has 0 radical (unpaired) electrons. The summed E-state index contributed by atoms with van der Waals surface area (Å²) in [6.45, 7) is 2.80. The van der Waals surface area contributed by atoms with Crippen LogP contribution < -0.4 is 4.72 Å². The van der Waals surface area contributed by atoms with Crippen LogP contribution in [0.1, 0.15) is 25.8 Å². The predicted octanol–water partition coefficient (Wildman–Crippen LogP) is -0.0157. The van der Waals surface area contributed by atoms with E-state index in [0.717, 1.165) is 19.1 Å². The van der Waals surface area contributed by atoms with Gasteiger partial charge in [-0.25, -0.2) is 13.1 Å². The lowest BCUT2D eigenvalue weighted by Crippen LogP contribution is -2.50. The molecule has 1 fully saturated rings. The van der Waals surface area contributed by atoms with Crippen LogP contribution in [0.4, 0.5) is 0 Å². The van der Waals surface area contributed by atoms with Crippen molar-refractivity contribution in [2.24, 2.45) is 0 Å². The molecule has 1 aromatic heterocycles. The van der Waals surface area contributed by atoms with Crippen molar-refractivity contribution in [3.8, 4) is 0 Å². The first-order valence-corrected chi connectivity index (χ1v) is 8.51. The van der Waals surface area contributed by atoms with Crippen molar-refractivity contribution < 1.29 is 13.2 Å². The molecule has 2 atom stereocenters. The van der Waals surface area contributed by atoms with E-state index in [4.69, 9.17) is 0 Å². The van der Waals surface area contributed by atoms with Crippen LogP contribution in [0.3, 0.4) is 0 Å². The third-order valence-corrected chi connectivity index (χ3v) is 4.15. The Labute approximate surface area is 119 Å². The lowest BCUT2D eigenvalue weighted by molar-refractivity contribution is -0.134. The maximum atomic E-state index is 12.3. The molecule has 1 aromatic rings. The fraction of sp³-hybridized carbons (Fsp3) is 0.667. The maximum Gasteiger partial charge on any atom is 0.240 e. The van der Waals surface area contributed by atoms with Crippen molar-refractivity contribution in [1.82, 2.24) is 19.4 Å². The van der Waals surface area contributed by atoms with Crippen LogP contribution in [0.25, 0.3) is 0 Å². The molecular weight excluding hydrogens is 280 g/mol. The summed E-state index contributed by atoms with van der Waals surface area (Å²) < 4.78 is 26.5. The summed E-state index contributed by atoms with van der Waals surface area (Å²) in [6, 6.07) is 1.28. The normalized spacial score (nSPS) is 21.7. The number of aromatic nitrogens is 2. The van der Waals surface area contributed by atoms with Crippen molar-refractivity contribution in [2.45, 2.75) is 31.8 Å². The fourth-order valence-corrected chi connectivity index (χ4v) is 3.26. The fourth-order valence-electron chi connectivity index (χ4n) is 2.51. The first-order chi connectivity index (χ1) is 9.37. The molecule has 2 heterocycles. The van der Waals surface area contributed by atoms with Gasteiger partial charge in [0.2, 0.25) is 15.9 Å². The molecule has 112 valence electrons. The van der Waals surface area contributed by atoms with Gasteiger partial charge in [-0.2, -0.15) is 5.10 Å². The summed E-state index contributed by atoms with van der Waals surface area (Å²) in [5.41, 5.74) is 0. The van der Waals surface area contributed by atoms with Crippen molar-refractivity contribution in [2.75, 3.05) is 19.3 Å². The Hall–Kier alpha value is -1.41. The number of piperidine rings is 1. The van der Waals surface area contributed by atoms with Crippen LogP contribution in [0.5, 0.6) is 0 Å². The van der Waals surface area contributed by atoms with Crippen LogP contribution in [0.15, 0.2) is 18.5 Å². The predicted molar refractivity (Wildman–Crippen MR) is 74.5 cm³/mol. The molecule has 20 heavy (non-hydrogen) atoms. The minimum Gasteiger partial charge on any atom is -0.339 e. The van der Waals surface area contributed by atoms with Gasteiger partial charge in [0.15, 0.2) is 0 Å². The second kappa shape index (κ2) is 5.92. The summed E-state index contributed by atoms with van der Waals surface area (Å²) in [4.78, 5) is 14.0. The van der Waals surface area contributed by atoms with Crippen LogP contribution in [-0.2, 0) is 14.8 Å². The third kappa shape index (κ3) is 3.80. The minimum absolute atomic E-state index is 0.160. The van der Waals surface area contributed by atoms with E-state index >= 15 is 0 Å². The Balaban J connectivity index is 2.00. The van der Waals surface area contributed by atoms with Gasteiger partial charge in [-0.1, -0.05) is 0 Å². The molecule has 1 amide bonds. The number of carbonyl (C=O) groups is 1. The molecule has 0 aromatic carbocycles. The molecule has 0 unspecified atom stereocenters. The number of hydrogen-bond acceptors (Lipinski definition) is 4. The molecule has 7 nitrogen and oxygen atoms in total. The topological polar surface area (TPSA) is 84.3 Å². The number of likely N-dealkylation sites (tertiary alicyclic amines) is 1. The highest BCUT2D eigenvalue weighted by Gasteiger charge is 2.28. The highest BCUT2D eigenvalue weighted by Crippen LogP contribution is 2.21. The third-order valence-electron chi connectivity index (χ3n) is 3.37. The second-order valence-corrected chi connectivity index (χ2v) is 6.96. The Kier molecular flexibility index (Phi) is 4.44. The first-order valence-electron chi connectivity index (χ1n) is 6.62. The van der Waals surface area contributed by atoms with Gasteiger partial charge in [0, 0.05) is 25.5 Å². The Morgan fingerprint density at radius 2 is 2.25 bits per heavy atom. The minimum atomic E-state index is -3.38. The molecule has 1 aliphatic heterocycles. The Bertz CT molecular complexity index is 555. The molecule has 8 heteroatoms. The summed E-state index contributed by atoms with van der Waals surface area (Å²) in [5, 5.41) is 4.21. The van der Waals surface area contributed by atoms with E-state index in [1.807, 2.05) is 16.9 Å². The molecule has 2 rings (SSSR count). The largest absolute Gasteiger partial charge is 0.339 e. The van der Waals surface area contributed by atoms with Gasteiger partial charge in [0.25, 0.3) is 0 Å². The van der Waals surface area contributed by atoms with E-state index < -0.39 is 16.1 Å². The second-order valence-electron chi connectivity index (χ2n) is 5.18. The zero-order chi connectivity index (χ0) is 14.8. The first kappa shape index (κ1) is 15.0. The molecule has 1 saturated heterocycles. The molecule has 0 spiro atoms. The van der Waals surface area contributed by atoms with Crippen molar-refractivity contribution in [3.05, 3.63) is 18.5 Å². The van der Waals surface area contributed by atoms with Gasteiger partial charge < -0.3 is 4.90 Å². The van der Waals surface area contributed by atoms with E-state index in [1.54, 1.807) is 18.0 Å².